The maximum absolute atomic E-state index is 12.6. The minimum absolute atomic E-state index is 0.0344. The molecular weight excluding hydrogens is 428 g/mol. The zero-order chi connectivity index (χ0) is 22.7. The fraction of sp³-hybridized carbons (Fsp3) is 0.375. The highest BCUT2D eigenvalue weighted by Gasteiger charge is 2.35. The van der Waals surface area contributed by atoms with Gasteiger partial charge in [0.15, 0.2) is 0 Å². The Labute approximate surface area is 191 Å². The van der Waals surface area contributed by atoms with Crippen LogP contribution in [0.5, 0.6) is 0 Å². The van der Waals surface area contributed by atoms with Gasteiger partial charge in [0, 0.05) is 24.1 Å². The monoisotopic (exact) mass is 454 g/mol. The van der Waals surface area contributed by atoms with Crippen molar-refractivity contribution in [3.8, 4) is 11.1 Å². The molecule has 2 atom stereocenters. The molecule has 1 unspecified atom stereocenters. The molecular formula is C24H26N2O5S. The summed E-state index contributed by atoms with van der Waals surface area (Å²) in [5, 5.41) is 12.1. The number of carbonyl (C=O) groups is 3. The fourth-order valence-electron chi connectivity index (χ4n) is 4.33. The van der Waals surface area contributed by atoms with Gasteiger partial charge < -0.3 is 20.1 Å². The van der Waals surface area contributed by atoms with Gasteiger partial charge in [-0.25, -0.2) is 9.59 Å². The lowest BCUT2D eigenvalue weighted by Gasteiger charge is -2.24. The van der Waals surface area contributed by atoms with E-state index < -0.39 is 24.1 Å². The van der Waals surface area contributed by atoms with E-state index in [4.69, 9.17) is 4.74 Å². The number of thioether (sulfide) groups is 1. The van der Waals surface area contributed by atoms with E-state index in [2.05, 4.69) is 29.6 Å². The van der Waals surface area contributed by atoms with Crippen molar-refractivity contribution in [3.63, 3.8) is 0 Å². The number of carboxylic acids is 1. The first-order chi connectivity index (χ1) is 15.5. The van der Waals surface area contributed by atoms with Crippen LogP contribution in [0.3, 0.4) is 0 Å². The molecule has 1 aliphatic carbocycles. The Morgan fingerprint density at radius 3 is 2.34 bits per heavy atom. The predicted octanol–water partition coefficient (Wildman–Crippen LogP) is 3.68. The molecule has 0 aromatic heterocycles. The molecule has 1 saturated heterocycles. The standard InChI is InChI=1S/C24H26N2O5S/c1-2-15(11-22(27)26-14-32-13-21(26)23(28)29)25-24(30)31-12-20-18-9-5-3-7-16(18)17-8-4-6-10-19(17)20/h3-10,15,20-21H,2,11-14H2,1H3,(H,25,30)(H,28,29)/t15-,21?/m1/s1. The van der Waals surface area contributed by atoms with Crippen LogP contribution in [0.2, 0.25) is 0 Å². The number of fused-ring (bicyclic) bond motifs is 3. The van der Waals surface area contributed by atoms with Crippen LogP contribution in [0.25, 0.3) is 11.1 Å². The van der Waals surface area contributed by atoms with Crippen LogP contribution in [0.1, 0.15) is 36.8 Å². The van der Waals surface area contributed by atoms with Crippen LogP contribution >= 0.6 is 11.8 Å². The maximum atomic E-state index is 12.6. The SMILES string of the molecule is CC[C@H](CC(=O)N1CSCC1C(=O)O)NC(=O)OCC1c2ccccc2-c2ccccc21. The lowest BCUT2D eigenvalue weighted by molar-refractivity contribution is -0.147. The third-order valence-corrected chi connectivity index (χ3v) is 7.08. The van der Waals surface area contributed by atoms with Crippen molar-refractivity contribution < 1.29 is 24.2 Å². The largest absolute Gasteiger partial charge is 0.480 e. The lowest BCUT2D eigenvalue weighted by Crippen LogP contribution is -2.45. The molecule has 2 aromatic carbocycles. The highest BCUT2D eigenvalue weighted by atomic mass is 32.2. The lowest BCUT2D eigenvalue weighted by atomic mass is 9.98. The molecule has 8 heteroatoms. The summed E-state index contributed by atoms with van der Waals surface area (Å²) in [6.07, 6.45) is 0.0109. The number of nitrogens with one attached hydrogen (secondary N) is 1. The summed E-state index contributed by atoms with van der Waals surface area (Å²) >= 11 is 1.42. The molecule has 7 nitrogen and oxygen atoms in total. The molecule has 0 radical (unpaired) electrons. The van der Waals surface area contributed by atoms with Crippen molar-refractivity contribution >= 4 is 29.7 Å². The summed E-state index contributed by atoms with van der Waals surface area (Å²) in [5.74, 6) is -0.559. The number of carboxylic acid groups (broad SMARTS) is 1. The Balaban J connectivity index is 1.35. The van der Waals surface area contributed by atoms with E-state index >= 15 is 0 Å². The molecule has 4 rings (SSSR count). The van der Waals surface area contributed by atoms with Gasteiger partial charge in [-0.1, -0.05) is 55.5 Å². The number of rotatable bonds is 7. The predicted molar refractivity (Wildman–Crippen MR) is 122 cm³/mol. The third kappa shape index (κ3) is 4.46. The average molecular weight is 455 g/mol. The van der Waals surface area contributed by atoms with E-state index in [1.165, 1.54) is 16.7 Å². The minimum atomic E-state index is -0.999. The van der Waals surface area contributed by atoms with Gasteiger partial charge >= 0.3 is 12.1 Å². The van der Waals surface area contributed by atoms with Crippen LogP contribution in [-0.2, 0) is 14.3 Å². The van der Waals surface area contributed by atoms with Crippen molar-refractivity contribution in [3.05, 3.63) is 59.7 Å². The van der Waals surface area contributed by atoms with Gasteiger partial charge in [-0.3, -0.25) is 4.79 Å². The summed E-state index contributed by atoms with van der Waals surface area (Å²) in [7, 11) is 0. The Morgan fingerprint density at radius 1 is 1.12 bits per heavy atom. The Kier molecular flexibility index (Phi) is 6.69. The first kappa shape index (κ1) is 22.2. The number of ether oxygens (including phenoxy) is 1. The Hall–Kier alpha value is -3.00. The molecule has 2 aromatic rings. The second-order valence-corrected chi connectivity index (χ2v) is 9.00. The van der Waals surface area contributed by atoms with Gasteiger partial charge in [-0.05, 0) is 28.7 Å². The Bertz CT molecular complexity index is 981. The maximum Gasteiger partial charge on any atom is 0.407 e. The molecule has 2 amide bonds. The molecule has 1 fully saturated rings. The van der Waals surface area contributed by atoms with E-state index in [1.807, 2.05) is 31.2 Å². The van der Waals surface area contributed by atoms with Crippen LogP contribution < -0.4 is 5.32 Å². The normalized spacial score (nSPS) is 18.0. The number of nitrogens with zero attached hydrogens (tertiary/aromatic N) is 1. The smallest absolute Gasteiger partial charge is 0.407 e. The van der Waals surface area contributed by atoms with E-state index in [1.54, 1.807) is 0 Å². The van der Waals surface area contributed by atoms with E-state index in [0.29, 0.717) is 18.1 Å². The second-order valence-electron chi connectivity index (χ2n) is 8.00. The first-order valence-electron chi connectivity index (χ1n) is 10.7. The molecule has 0 spiro atoms. The summed E-state index contributed by atoms with van der Waals surface area (Å²) in [5.41, 5.74) is 4.58. The number of hydrogen-bond donors (Lipinski definition) is 2. The van der Waals surface area contributed by atoms with Crippen LogP contribution in [0.15, 0.2) is 48.5 Å². The zero-order valence-electron chi connectivity index (χ0n) is 17.8. The van der Waals surface area contributed by atoms with Crippen LogP contribution in [0.4, 0.5) is 4.79 Å². The highest BCUT2D eigenvalue weighted by Crippen LogP contribution is 2.44. The average Bonchev–Trinajstić information content (AvgIpc) is 3.41. The summed E-state index contributed by atoms with van der Waals surface area (Å²) in [6, 6.07) is 15.0. The number of hydrogen-bond acceptors (Lipinski definition) is 5. The van der Waals surface area contributed by atoms with Crippen molar-refractivity contribution in [2.45, 2.75) is 37.8 Å². The number of benzene rings is 2. The van der Waals surface area contributed by atoms with Crippen molar-refractivity contribution in [1.82, 2.24) is 10.2 Å². The molecule has 1 heterocycles. The van der Waals surface area contributed by atoms with Crippen LogP contribution in [0, 0.1) is 0 Å². The van der Waals surface area contributed by atoms with Gasteiger partial charge in [-0.15, -0.1) is 11.8 Å². The highest BCUT2D eigenvalue weighted by molar-refractivity contribution is 7.99. The fourth-order valence-corrected chi connectivity index (χ4v) is 5.50. The summed E-state index contributed by atoms with van der Waals surface area (Å²) in [6.45, 7) is 2.07. The van der Waals surface area contributed by atoms with Crippen molar-refractivity contribution in [1.29, 1.82) is 0 Å². The molecule has 2 aliphatic rings. The van der Waals surface area contributed by atoms with Crippen molar-refractivity contribution in [2.75, 3.05) is 18.2 Å². The zero-order valence-corrected chi connectivity index (χ0v) is 18.6. The second kappa shape index (κ2) is 9.65. The number of aliphatic carboxylic acids is 1. The first-order valence-corrected chi connectivity index (χ1v) is 11.9. The molecule has 168 valence electrons. The molecule has 32 heavy (non-hydrogen) atoms. The summed E-state index contributed by atoms with van der Waals surface area (Å²) < 4.78 is 5.57. The number of carbonyl (C=O) groups excluding carboxylic acids is 2. The quantitative estimate of drug-likeness (QED) is 0.663. The molecule has 1 aliphatic heterocycles. The molecule has 0 bridgehead atoms. The summed E-state index contributed by atoms with van der Waals surface area (Å²) in [4.78, 5) is 37.8. The van der Waals surface area contributed by atoms with E-state index in [9.17, 15) is 19.5 Å². The van der Waals surface area contributed by atoms with Crippen molar-refractivity contribution in [2.24, 2.45) is 0 Å². The minimum Gasteiger partial charge on any atom is -0.480 e. The molecule has 2 N–H and O–H groups in total. The van der Waals surface area contributed by atoms with Gasteiger partial charge in [0.1, 0.15) is 12.6 Å². The molecule has 0 saturated carbocycles. The topological polar surface area (TPSA) is 95.9 Å². The van der Waals surface area contributed by atoms with E-state index in [-0.39, 0.29) is 24.9 Å². The van der Waals surface area contributed by atoms with Gasteiger partial charge in [0.2, 0.25) is 5.91 Å². The third-order valence-electron chi connectivity index (χ3n) is 6.07. The Morgan fingerprint density at radius 2 is 1.75 bits per heavy atom. The number of amides is 2. The van der Waals surface area contributed by atoms with Crippen LogP contribution in [-0.4, -0.2) is 58.3 Å². The van der Waals surface area contributed by atoms with Gasteiger partial charge in [0.05, 0.1) is 5.88 Å². The van der Waals surface area contributed by atoms with Gasteiger partial charge in [-0.2, -0.15) is 0 Å². The number of alkyl carbamates (subject to hydrolysis) is 1. The van der Waals surface area contributed by atoms with Gasteiger partial charge in [0.25, 0.3) is 0 Å². The van der Waals surface area contributed by atoms with E-state index in [0.717, 1.165) is 22.3 Å².